The summed E-state index contributed by atoms with van der Waals surface area (Å²) in [6.45, 7) is 0. The molecule has 0 radical (unpaired) electrons. The molecule has 1 aliphatic rings. The summed E-state index contributed by atoms with van der Waals surface area (Å²) in [7, 11) is 0. The third-order valence-electron chi connectivity index (χ3n) is 6.44. The summed E-state index contributed by atoms with van der Waals surface area (Å²) in [5.74, 6) is 1.69. The smallest absolute Gasteiger partial charge is 0.207 e. The molecule has 0 atom stereocenters. The molecule has 0 unspecified atom stereocenters. The minimum atomic E-state index is 0.843. The van der Waals surface area contributed by atoms with Gasteiger partial charge in [0, 0.05) is 9.81 Å². The molecule has 0 aliphatic carbocycles. The monoisotopic (exact) mass is 519 g/mol. The molecule has 4 aromatic carbocycles. The Balaban J connectivity index is 1.37. The molecular weight excluding hydrogens is 492 g/mol. The molecule has 0 spiro atoms. The van der Waals surface area contributed by atoms with E-state index in [1.807, 2.05) is 48.2 Å². The van der Waals surface area contributed by atoms with Crippen LogP contribution in [0.15, 0.2) is 168 Å². The first-order valence-electron chi connectivity index (χ1n) is 13.0. The Morgan fingerprint density at radius 3 is 1.33 bits per heavy atom. The highest BCUT2D eigenvalue weighted by Crippen LogP contribution is 2.43. The van der Waals surface area contributed by atoms with Crippen LogP contribution in [0.25, 0.3) is 38.5 Å². The summed E-state index contributed by atoms with van der Waals surface area (Å²) >= 11 is 1.82. The molecule has 1 nitrogen and oxygen atoms in total. The van der Waals surface area contributed by atoms with Gasteiger partial charge in [-0.25, -0.2) is 4.42 Å². The van der Waals surface area contributed by atoms with Gasteiger partial charge in [0.1, 0.15) is 0 Å². The molecule has 0 saturated carbocycles. The van der Waals surface area contributed by atoms with E-state index in [9.17, 15) is 0 Å². The molecule has 186 valence electrons. The normalized spacial score (nSPS) is 13.2. The fraction of sp³-hybridized carbons (Fsp3) is 0. The molecular formula is C37H27OS+. The van der Waals surface area contributed by atoms with Crippen LogP contribution in [0.4, 0.5) is 0 Å². The van der Waals surface area contributed by atoms with Crippen molar-refractivity contribution >= 4 is 27.6 Å². The van der Waals surface area contributed by atoms with Crippen molar-refractivity contribution in [3.8, 4) is 22.6 Å². The van der Waals surface area contributed by atoms with E-state index >= 15 is 0 Å². The van der Waals surface area contributed by atoms with E-state index < -0.39 is 0 Å². The summed E-state index contributed by atoms with van der Waals surface area (Å²) in [6.07, 6.45) is 11.0. The van der Waals surface area contributed by atoms with Crippen LogP contribution in [-0.4, -0.2) is 0 Å². The van der Waals surface area contributed by atoms with Crippen LogP contribution < -0.4 is 0 Å². The van der Waals surface area contributed by atoms with E-state index in [1.165, 1.54) is 20.9 Å². The van der Waals surface area contributed by atoms with Gasteiger partial charge in [-0.2, -0.15) is 0 Å². The highest BCUT2D eigenvalue weighted by molar-refractivity contribution is 8.16. The zero-order chi connectivity index (χ0) is 26.3. The van der Waals surface area contributed by atoms with Gasteiger partial charge < -0.3 is 0 Å². The molecule has 2 heteroatoms. The summed E-state index contributed by atoms with van der Waals surface area (Å²) in [5.41, 5.74) is 6.81. The molecule has 1 aromatic heterocycles. The van der Waals surface area contributed by atoms with Crippen LogP contribution in [0.1, 0.15) is 16.7 Å². The van der Waals surface area contributed by atoms with Crippen molar-refractivity contribution in [1.82, 2.24) is 0 Å². The Hall–Kier alpha value is -4.66. The van der Waals surface area contributed by atoms with Crippen LogP contribution >= 0.6 is 11.8 Å². The van der Waals surface area contributed by atoms with E-state index in [0.29, 0.717) is 0 Å². The van der Waals surface area contributed by atoms with Crippen LogP contribution in [0.5, 0.6) is 0 Å². The number of allylic oxidation sites excluding steroid dienone is 5. The van der Waals surface area contributed by atoms with Gasteiger partial charge in [-0.3, -0.25) is 0 Å². The third kappa shape index (κ3) is 6.09. The third-order valence-corrected chi connectivity index (χ3v) is 7.59. The van der Waals surface area contributed by atoms with Gasteiger partial charge in [0.25, 0.3) is 0 Å². The molecule has 5 aromatic rings. The Labute approximate surface area is 234 Å². The fourth-order valence-electron chi connectivity index (χ4n) is 4.49. The number of hydrogen-bond donors (Lipinski definition) is 0. The average molecular weight is 520 g/mol. The number of benzene rings is 4. The molecule has 39 heavy (non-hydrogen) atoms. The maximum Gasteiger partial charge on any atom is 0.361 e. The van der Waals surface area contributed by atoms with Gasteiger partial charge >= 0.3 is 11.5 Å². The largest absolute Gasteiger partial charge is 0.361 e. The maximum atomic E-state index is 6.34. The van der Waals surface area contributed by atoms with Crippen molar-refractivity contribution in [2.24, 2.45) is 0 Å². The summed E-state index contributed by atoms with van der Waals surface area (Å²) < 4.78 is 6.34. The summed E-state index contributed by atoms with van der Waals surface area (Å²) in [6, 6.07) is 45.9. The molecule has 0 fully saturated rings. The standard InChI is InChI=1S/C37H27OS/c1-5-16-30(17-6-1)34-24-28(25-35(38-34)31-18-7-2-8-19-31)14-13-15-29-26-36(32-20-9-3-10-21-32)39-37(27-29)33-22-11-4-12-23-33/h1-27H/q+1/b14-13+. The lowest BCUT2D eigenvalue weighted by atomic mass is 10.1. The van der Waals surface area contributed by atoms with E-state index in [4.69, 9.17) is 4.42 Å². The molecule has 0 amide bonds. The second kappa shape index (κ2) is 11.8. The van der Waals surface area contributed by atoms with E-state index in [1.54, 1.807) is 0 Å². The lowest BCUT2D eigenvalue weighted by Crippen LogP contribution is -1.91. The van der Waals surface area contributed by atoms with Crippen molar-refractivity contribution in [3.05, 3.63) is 180 Å². The van der Waals surface area contributed by atoms with Crippen molar-refractivity contribution in [2.75, 3.05) is 0 Å². The predicted molar refractivity (Wildman–Crippen MR) is 168 cm³/mol. The van der Waals surface area contributed by atoms with Crippen LogP contribution in [0.3, 0.4) is 0 Å². The van der Waals surface area contributed by atoms with Crippen LogP contribution in [0, 0.1) is 0 Å². The second-order valence-corrected chi connectivity index (χ2v) is 10.3. The topological polar surface area (TPSA) is 11.3 Å². The molecule has 2 heterocycles. The highest BCUT2D eigenvalue weighted by Gasteiger charge is 2.19. The molecule has 0 N–H and O–H groups in total. The molecule has 6 rings (SSSR count). The first kappa shape index (κ1) is 24.7. The summed E-state index contributed by atoms with van der Waals surface area (Å²) in [5, 5.41) is 0. The Bertz CT molecular complexity index is 1570. The highest BCUT2D eigenvalue weighted by atomic mass is 32.2. The van der Waals surface area contributed by atoms with Gasteiger partial charge in [-0.1, -0.05) is 127 Å². The minimum absolute atomic E-state index is 0.843. The van der Waals surface area contributed by atoms with Gasteiger partial charge in [0.2, 0.25) is 0 Å². The Morgan fingerprint density at radius 2 is 0.897 bits per heavy atom. The zero-order valence-electron chi connectivity index (χ0n) is 21.4. The van der Waals surface area contributed by atoms with Crippen LogP contribution in [0.2, 0.25) is 0 Å². The molecule has 1 aliphatic heterocycles. The van der Waals surface area contributed by atoms with E-state index in [0.717, 1.165) is 33.8 Å². The minimum Gasteiger partial charge on any atom is -0.207 e. The van der Waals surface area contributed by atoms with E-state index in [2.05, 4.69) is 127 Å². The van der Waals surface area contributed by atoms with Gasteiger partial charge in [0.15, 0.2) is 0 Å². The number of thioether (sulfide) groups is 1. The Morgan fingerprint density at radius 1 is 0.487 bits per heavy atom. The quantitative estimate of drug-likeness (QED) is 0.207. The van der Waals surface area contributed by atoms with E-state index in [-0.39, 0.29) is 0 Å². The predicted octanol–water partition coefficient (Wildman–Crippen LogP) is 10.7. The SMILES string of the molecule is C(/C=C/c1cc(-c2ccccc2)[o+]c(-c2ccccc2)c1)=C1C=C(c2ccccc2)SC(c2ccccc2)=C1. The molecule has 0 bridgehead atoms. The number of rotatable bonds is 6. The lowest BCUT2D eigenvalue weighted by Gasteiger charge is -2.17. The summed E-state index contributed by atoms with van der Waals surface area (Å²) in [4.78, 5) is 2.49. The Kier molecular flexibility index (Phi) is 7.47. The van der Waals surface area contributed by atoms with Gasteiger partial charge in [0.05, 0.1) is 23.3 Å². The lowest BCUT2D eigenvalue weighted by molar-refractivity contribution is 0.581. The number of hydrogen-bond acceptors (Lipinski definition) is 1. The zero-order valence-corrected chi connectivity index (χ0v) is 22.2. The molecule has 0 saturated heterocycles. The first-order valence-corrected chi connectivity index (χ1v) is 13.8. The van der Waals surface area contributed by atoms with Gasteiger partial charge in [-0.15, -0.1) is 0 Å². The first-order chi connectivity index (χ1) is 19.3. The van der Waals surface area contributed by atoms with Crippen LogP contribution in [-0.2, 0) is 0 Å². The van der Waals surface area contributed by atoms with Crippen molar-refractivity contribution in [2.45, 2.75) is 0 Å². The van der Waals surface area contributed by atoms with Gasteiger partial charge in [-0.05, 0) is 58.7 Å². The average Bonchev–Trinajstić information content (AvgIpc) is 3.02. The van der Waals surface area contributed by atoms with Crippen molar-refractivity contribution in [3.63, 3.8) is 0 Å². The fourth-order valence-corrected chi connectivity index (χ4v) is 5.62. The van der Waals surface area contributed by atoms with Crippen molar-refractivity contribution in [1.29, 1.82) is 0 Å². The maximum absolute atomic E-state index is 6.34. The second-order valence-electron chi connectivity index (χ2n) is 9.23. The van der Waals surface area contributed by atoms with Crippen molar-refractivity contribution < 1.29 is 4.42 Å².